The van der Waals surface area contributed by atoms with E-state index in [1.54, 1.807) is 47.4 Å². The second-order valence-electron chi connectivity index (χ2n) is 5.58. The van der Waals surface area contributed by atoms with Crippen molar-refractivity contribution < 1.29 is 9.21 Å². The molecule has 8 nitrogen and oxygen atoms in total. The minimum atomic E-state index is -0.205. The number of para-hydroxylation sites is 2. The topological polar surface area (TPSA) is 98.7 Å². The number of carbonyl (C=O) groups is 1. The lowest BCUT2D eigenvalue weighted by Gasteiger charge is -2.09. The maximum Gasteiger partial charge on any atom is 0.277 e. The fourth-order valence-electron chi connectivity index (χ4n) is 2.41. The molecule has 1 amide bonds. The molecule has 2 aromatic carbocycles. The van der Waals surface area contributed by atoms with Crippen LogP contribution in [0.3, 0.4) is 0 Å². The molecular weight excluding hydrogens is 400 g/mol. The van der Waals surface area contributed by atoms with Crippen LogP contribution in [0.15, 0.2) is 70.6 Å². The molecular formula is C18H13ClN6O2S. The molecule has 0 atom stereocenters. The molecule has 10 heteroatoms. The lowest BCUT2D eigenvalue weighted by atomic mass is 10.2. The zero-order valence-corrected chi connectivity index (χ0v) is 15.9. The number of amides is 1. The Morgan fingerprint density at radius 3 is 2.75 bits per heavy atom. The van der Waals surface area contributed by atoms with E-state index in [1.807, 2.05) is 18.2 Å². The summed E-state index contributed by atoms with van der Waals surface area (Å²) in [6, 6.07) is 14.4. The van der Waals surface area contributed by atoms with E-state index >= 15 is 0 Å². The largest absolute Gasteiger partial charge is 0.411 e. The van der Waals surface area contributed by atoms with Crippen LogP contribution in [0.4, 0.5) is 5.69 Å². The first-order chi connectivity index (χ1) is 13.7. The summed E-state index contributed by atoms with van der Waals surface area (Å²) < 4.78 is 7.17. The Kier molecular flexibility index (Phi) is 5.36. The van der Waals surface area contributed by atoms with E-state index in [4.69, 9.17) is 16.0 Å². The first-order valence-electron chi connectivity index (χ1n) is 8.17. The summed E-state index contributed by atoms with van der Waals surface area (Å²) in [6.07, 6.45) is 3.28. The summed E-state index contributed by atoms with van der Waals surface area (Å²) >= 11 is 7.03. The number of rotatable bonds is 6. The van der Waals surface area contributed by atoms with Crippen molar-refractivity contribution in [1.82, 2.24) is 25.2 Å². The van der Waals surface area contributed by atoms with E-state index in [-0.39, 0.29) is 11.7 Å². The number of carbonyl (C=O) groups excluding carboxylic acids is 1. The molecule has 0 aliphatic rings. The number of hydrogen-bond donors (Lipinski definition) is 1. The number of hydrogen-bond acceptors (Lipinski definition) is 7. The van der Waals surface area contributed by atoms with Gasteiger partial charge >= 0.3 is 0 Å². The van der Waals surface area contributed by atoms with Gasteiger partial charge in [0.05, 0.1) is 29.5 Å². The summed E-state index contributed by atoms with van der Waals surface area (Å²) in [5.41, 5.74) is 2.11. The molecule has 0 aliphatic heterocycles. The molecule has 0 radical (unpaired) electrons. The van der Waals surface area contributed by atoms with Crippen molar-refractivity contribution in [2.24, 2.45) is 0 Å². The van der Waals surface area contributed by atoms with Gasteiger partial charge < -0.3 is 9.73 Å². The van der Waals surface area contributed by atoms with Gasteiger partial charge in [-0.25, -0.2) is 4.68 Å². The first kappa shape index (κ1) is 18.2. The van der Waals surface area contributed by atoms with Gasteiger partial charge in [0.2, 0.25) is 11.8 Å². The maximum absolute atomic E-state index is 12.3. The lowest BCUT2D eigenvalue weighted by molar-refractivity contribution is -0.113. The van der Waals surface area contributed by atoms with Crippen LogP contribution in [0, 0.1) is 0 Å². The van der Waals surface area contributed by atoms with Gasteiger partial charge in [0, 0.05) is 10.6 Å². The standard InChI is InChI=1S/C18H13ClN6O2S/c19-13-7-5-12(6-8-13)17-22-23-18(27-17)28-11-16(26)21-14-3-1-2-4-15(14)25-10-9-20-24-25/h1-10H,11H2,(H,21,26). The molecule has 2 aromatic heterocycles. The molecule has 2 heterocycles. The number of aromatic nitrogens is 5. The van der Waals surface area contributed by atoms with Gasteiger partial charge in [-0.2, -0.15) is 0 Å². The van der Waals surface area contributed by atoms with Crippen molar-refractivity contribution >= 4 is 35.0 Å². The van der Waals surface area contributed by atoms with Crippen LogP contribution in [0.2, 0.25) is 5.02 Å². The van der Waals surface area contributed by atoms with Crippen LogP contribution in [-0.4, -0.2) is 36.9 Å². The minimum absolute atomic E-state index is 0.119. The highest BCUT2D eigenvalue weighted by atomic mass is 35.5. The fraction of sp³-hybridized carbons (Fsp3) is 0.0556. The molecule has 140 valence electrons. The predicted octanol–water partition coefficient (Wildman–Crippen LogP) is 3.70. The van der Waals surface area contributed by atoms with E-state index in [1.165, 1.54) is 0 Å². The van der Waals surface area contributed by atoms with E-state index in [0.29, 0.717) is 21.8 Å². The second kappa shape index (κ2) is 8.24. The van der Waals surface area contributed by atoms with Crippen molar-refractivity contribution in [3.8, 4) is 17.1 Å². The number of nitrogens with one attached hydrogen (secondary N) is 1. The monoisotopic (exact) mass is 412 g/mol. The maximum atomic E-state index is 12.3. The van der Waals surface area contributed by atoms with Crippen LogP contribution < -0.4 is 5.32 Å². The zero-order chi connectivity index (χ0) is 19.3. The summed E-state index contributed by atoms with van der Waals surface area (Å²) in [5.74, 6) is 0.286. The van der Waals surface area contributed by atoms with Crippen LogP contribution in [-0.2, 0) is 4.79 Å². The summed E-state index contributed by atoms with van der Waals surface area (Å²) in [5, 5.41) is 19.5. The normalized spacial score (nSPS) is 10.8. The third-order valence-electron chi connectivity index (χ3n) is 3.67. The highest BCUT2D eigenvalue weighted by Gasteiger charge is 2.13. The number of halogens is 1. The van der Waals surface area contributed by atoms with Gasteiger partial charge in [-0.05, 0) is 36.4 Å². The quantitative estimate of drug-likeness (QED) is 0.482. The van der Waals surface area contributed by atoms with E-state index in [9.17, 15) is 4.79 Å². The summed E-state index contributed by atoms with van der Waals surface area (Å²) in [6.45, 7) is 0. The minimum Gasteiger partial charge on any atom is -0.411 e. The highest BCUT2D eigenvalue weighted by molar-refractivity contribution is 7.99. The molecule has 0 fully saturated rings. The highest BCUT2D eigenvalue weighted by Crippen LogP contribution is 2.25. The molecule has 1 N–H and O–H groups in total. The average Bonchev–Trinajstić information content (AvgIpc) is 3.40. The summed E-state index contributed by atoms with van der Waals surface area (Å²) in [7, 11) is 0. The Morgan fingerprint density at radius 2 is 1.96 bits per heavy atom. The van der Waals surface area contributed by atoms with Crippen molar-refractivity contribution in [3.63, 3.8) is 0 Å². The van der Waals surface area contributed by atoms with Gasteiger partial charge in [-0.3, -0.25) is 4.79 Å². The van der Waals surface area contributed by atoms with Crippen molar-refractivity contribution in [1.29, 1.82) is 0 Å². The fourth-order valence-corrected chi connectivity index (χ4v) is 3.10. The molecule has 0 bridgehead atoms. The Bertz CT molecular complexity index is 1080. The molecule has 0 saturated carbocycles. The number of anilines is 1. The molecule has 28 heavy (non-hydrogen) atoms. The van der Waals surface area contributed by atoms with Gasteiger partial charge in [0.15, 0.2) is 0 Å². The molecule has 0 spiro atoms. The third kappa shape index (κ3) is 4.21. The van der Waals surface area contributed by atoms with Crippen LogP contribution >= 0.6 is 23.4 Å². The molecule has 4 rings (SSSR count). The third-order valence-corrected chi connectivity index (χ3v) is 4.74. The van der Waals surface area contributed by atoms with E-state index in [2.05, 4.69) is 25.8 Å². The number of thioether (sulfide) groups is 1. The van der Waals surface area contributed by atoms with Gasteiger partial charge in [0.1, 0.15) is 0 Å². The van der Waals surface area contributed by atoms with Gasteiger partial charge in [0.25, 0.3) is 5.22 Å². The van der Waals surface area contributed by atoms with Gasteiger partial charge in [-0.15, -0.1) is 15.3 Å². The van der Waals surface area contributed by atoms with Crippen molar-refractivity contribution in [2.75, 3.05) is 11.1 Å². The Hall–Kier alpha value is -3.17. The smallest absolute Gasteiger partial charge is 0.277 e. The molecule has 0 saturated heterocycles. The lowest BCUT2D eigenvalue weighted by Crippen LogP contribution is -2.15. The summed E-state index contributed by atoms with van der Waals surface area (Å²) in [4.78, 5) is 12.3. The number of benzene rings is 2. The second-order valence-corrected chi connectivity index (χ2v) is 6.94. The molecule has 4 aromatic rings. The van der Waals surface area contributed by atoms with Crippen molar-refractivity contribution in [3.05, 3.63) is 65.9 Å². The number of nitrogens with zero attached hydrogens (tertiary/aromatic N) is 5. The molecule has 0 aliphatic carbocycles. The zero-order valence-electron chi connectivity index (χ0n) is 14.3. The van der Waals surface area contributed by atoms with E-state index < -0.39 is 0 Å². The van der Waals surface area contributed by atoms with Crippen molar-refractivity contribution in [2.45, 2.75) is 5.22 Å². The first-order valence-corrected chi connectivity index (χ1v) is 9.53. The van der Waals surface area contributed by atoms with Crippen LogP contribution in [0.1, 0.15) is 0 Å². The molecule has 0 unspecified atom stereocenters. The average molecular weight is 413 g/mol. The predicted molar refractivity (Wildman–Crippen MR) is 105 cm³/mol. The van der Waals surface area contributed by atoms with E-state index in [0.717, 1.165) is 23.0 Å². The van der Waals surface area contributed by atoms with Crippen LogP contribution in [0.25, 0.3) is 17.1 Å². The Labute approximate surface area is 168 Å². The Morgan fingerprint density at radius 1 is 1.14 bits per heavy atom. The van der Waals surface area contributed by atoms with Crippen LogP contribution in [0.5, 0.6) is 0 Å². The Balaban J connectivity index is 1.39. The SMILES string of the molecule is O=C(CSc1nnc(-c2ccc(Cl)cc2)o1)Nc1ccccc1-n1ccnn1. The van der Waals surface area contributed by atoms with Gasteiger partial charge in [-0.1, -0.05) is 40.7 Å².